The van der Waals surface area contributed by atoms with E-state index in [1.165, 1.54) is 23.6 Å². The van der Waals surface area contributed by atoms with Crippen LogP contribution in [0.2, 0.25) is 0 Å². The van der Waals surface area contributed by atoms with Crippen molar-refractivity contribution in [2.45, 2.75) is 38.5 Å². The lowest BCUT2D eigenvalue weighted by molar-refractivity contribution is -0.130. The van der Waals surface area contributed by atoms with E-state index in [4.69, 9.17) is 0 Å². The Labute approximate surface area is 156 Å². The molecule has 26 heavy (non-hydrogen) atoms. The largest absolute Gasteiger partial charge is 0.325 e. The summed E-state index contributed by atoms with van der Waals surface area (Å²) in [4.78, 5) is 48.6. The Morgan fingerprint density at radius 2 is 1.85 bits per heavy atom. The van der Waals surface area contributed by atoms with E-state index in [1.807, 2.05) is 0 Å². The number of hydrogen-bond donors (Lipinski definition) is 2. The van der Waals surface area contributed by atoms with Gasteiger partial charge in [0.2, 0.25) is 5.91 Å². The van der Waals surface area contributed by atoms with Gasteiger partial charge in [0.1, 0.15) is 5.54 Å². The predicted octanol–water partition coefficient (Wildman–Crippen LogP) is 2.28. The molecule has 1 saturated heterocycles. The first-order valence-electron chi connectivity index (χ1n) is 8.29. The quantitative estimate of drug-likeness (QED) is 0.561. The summed E-state index contributed by atoms with van der Waals surface area (Å²) in [5.41, 5.74) is 0.321. The fraction of sp³-hybridized carbons (Fsp3) is 0.444. The number of carbonyl (C=O) groups excluding carboxylic acids is 4. The Balaban J connectivity index is 1.81. The van der Waals surface area contributed by atoms with Gasteiger partial charge in [0.15, 0.2) is 5.78 Å². The molecule has 0 bridgehead atoms. The second-order valence-corrected chi connectivity index (χ2v) is 8.10. The fourth-order valence-electron chi connectivity index (χ4n) is 2.45. The lowest BCUT2D eigenvalue weighted by Gasteiger charge is -2.17. The first-order valence-corrected chi connectivity index (χ1v) is 9.34. The van der Waals surface area contributed by atoms with Crippen LogP contribution in [0.1, 0.15) is 38.1 Å². The molecule has 7 nitrogen and oxygen atoms in total. The van der Waals surface area contributed by atoms with Crippen molar-refractivity contribution < 1.29 is 19.2 Å². The number of nitrogens with one attached hydrogen (secondary N) is 2. The van der Waals surface area contributed by atoms with Crippen LogP contribution in [0.15, 0.2) is 24.3 Å². The van der Waals surface area contributed by atoms with Crippen LogP contribution in [0.5, 0.6) is 0 Å². The van der Waals surface area contributed by atoms with Crippen LogP contribution >= 0.6 is 11.8 Å². The molecule has 1 unspecified atom stereocenters. The zero-order valence-corrected chi connectivity index (χ0v) is 16.1. The van der Waals surface area contributed by atoms with E-state index in [1.54, 1.807) is 45.0 Å². The van der Waals surface area contributed by atoms with E-state index in [2.05, 4.69) is 10.6 Å². The van der Waals surface area contributed by atoms with Gasteiger partial charge in [-0.15, -0.1) is 11.8 Å². The summed E-state index contributed by atoms with van der Waals surface area (Å²) in [6.45, 7) is 6.82. The van der Waals surface area contributed by atoms with Gasteiger partial charge < -0.3 is 10.6 Å². The SMILES string of the molecule is CC(=O)c1ccc(NC(=O)C(C)SCCN2C(=O)NC(C)(C)C2=O)cc1. The summed E-state index contributed by atoms with van der Waals surface area (Å²) in [7, 11) is 0. The van der Waals surface area contributed by atoms with Gasteiger partial charge in [-0.05, 0) is 52.0 Å². The van der Waals surface area contributed by atoms with Gasteiger partial charge in [0, 0.05) is 23.5 Å². The maximum absolute atomic E-state index is 12.2. The number of amides is 4. The molecule has 1 aliphatic heterocycles. The Morgan fingerprint density at radius 3 is 2.35 bits per heavy atom. The maximum Gasteiger partial charge on any atom is 0.325 e. The molecular formula is C18H23N3O4S. The minimum absolute atomic E-state index is 0.0320. The molecule has 0 spiro atoms. The Morgan fingerprint density at radius 1 is 1.23 bits per heavy atom. The smallest absolute Gasteiger partial charge is 0.325 e. The number of anilines is 1. The molecule has 1 heterocycles. The van der Waals surface area contributed by atoms with Crippen molar-refractivity contribution in [2.75, 3.05) is 17.6 Å². The van der Waals surface area contributed by atoms with Crippen molar-refractivity contribution in [1.82, 2.24) is 10.2 Å². The highest BCUT2D eigenvalue weighted by Crippen LogP contribution is 2.19. The van der Waals surface area contributed by atoms with Crippen LogP contribution in [-0.2, 0) is 9.59 Å². The Hall–Kier alpha value is -2.35. The number of thioether (sulfide) groups is 1. The van der Waals surface area contributed by atoms with Gasteiger partial charge in [-0.1, -0.05) is 0 Å². The van der Waals surface area contributed by atoms with E-state index in [9.17, 15) is 19.2 Å². The number of Topliss-reactive ketones (excluding diaryl/α,β-unsaturated/α-hetero) is 1. The number of nitrogens with zero attached hydrogens (tertiary/aromatic N) is 1. The molecule has 2 N–H and O–H groups in total. The first kappa shape index (κ1) is 20.0. The van der Waals surface area contributed by atoms with E-state index in [0.29, 0.717) is 17.0 Å². The molecule has 1 aliphatic rings. The third-order valence-corrected chi connectivity index (χ3v) is 5.19. The molecule has 0 saturated carbocycles. The highest BCUT2D eigenvalue weighted by molar-refractivity contribution is 8.00. The molecule has 0 radical (unpaired) electrons. The van der Waals surface area contributed by atoms with Gasteiger partial charge >= 0.3 is 6.03 Å². The van der Waals surface area contributed by atoms with Crippen LogP contribution in [0.4, 0.5) is 10.5 Å². The van der Waals surface area contributed by atoms with Gasteiger partial charge in [-0.25, -0.2) is 4.79 Å². The minimum Gasteiger partial charge on any atom is -0.325 e. The predicted molar refractivity (Wildman–Crippen MR) is 101 cm³/mol. The topological polar surface area (TPSA) is 95.6 Å². The molecule has 0 aliphatic carbocycles. The van der Waals surface area contributed by atoms with Crippen molar-refractivity contribution in [3.05, 3.63) is 29.8 Å². The van der Waals surface area contributed by atoms with Gasteiger partial charge in [0.05, 0.1) is 5.25 Å². The highest BCUT2D eigenvalue weighted by atomic mass is 32.2. The minimum atomic E-state index is -0.878. The molecule has 2 rings (SSSR count). The van der Waals surface area contributed by atoms with Crippen LogP contribution in [0, 0.1) is 0 Å². The maximum atomic E-state index is 12.2. The summed E-state index contributed by atoms with van der Waals surface area (Å²) in [6, 6.07) is 6.29. The van der Waals surface area contributed by atoms with Gasteiger partial charge in [0.25, 0.3) is 5.91 Å². The summed E-state index contributed by atoms with van der Waals surface area (Å²) >= 11 is 1.36. The Kier molecular flexibility index (Phi) is 6.07. The van der Waals surface area contributed by atoms with E-state index >= 15 is 0 Å². The number of rotatable bonds is 7. The third kappa shape index (κ3) is 4.63. The molecule has 1 aromatic rings. The van der Waals surface area contributed by atoms with Crippen molar-refractivity contribution in [1.29, 1.82) is 0 Å². The zero-order valence-electron chi connectivity index (χ0n) is 15.3. The average molecular weight is 377 g/mol. The van der Waals surface area contributed by atoms with Gasteiger partial charge in [-0.2, -0.15) is 0 Å². The summed E-state index contributed by atoms with van der Waals surface area (Å²) in [5, 5.41) is 5.06. The lowest BCUT2D eigenvalue weighted by Crippen LogP contribution is -2.40. The van der Waals surface area contributed by atoms with Crippen LogP contribution < -0.4 is 10.6 Å². The third-order valence-electron chi connectivity index (χ3n) is 4.06. The number of ketones is 1. The monoisotopic (exact) mass is 377 g/mol. The number of urea groups is 1. The highest BCUT2D eigenvalue weighted by Gasteiger charge is 2.43. The summed E-state index contributed by atoms with van der Waals surface area (Å²) in [5.74, 6) is -0.00282. The second-order valence-electron chi connectivity index (χ2n) is 6.65. The first-order chi connectivity index (χ1) is 12.1. The van der Waals surface area contributed by atoms with Crippen molar-refractivity contribution in [3.63, 3.8) is 0 Å². The number of hydrogen-bond acceptors (Lipinski definition) is 5. The average Bonchev–Trinajstić information content (AvgIpc) is 2.76. The van der Waals surface area contributed by atoms with Crippen molar-refractivity contribution in [2.24, 2.45) is 0 Å². The standard InChI is InChI=1S/C18H23N3O4S/c1-11(22)13-5-7-14(8-6-13)19-15(23)12(2)26-10-9-21-16(24)18(3,4)20-17(21)25/h5-8,12H,9-10H2,1-4H3,(H,19,23)(H,20,25). The number of carbonyl (C=O) groups is 4. The van der Waals surface area contributed by atoms with Gasteiger partial charge in [-0.3, -0.25) is 19.3 Å². The zero-order chi connectivity index (χ0) is 19.5. The molecule has 140 valence electrons. The second kappa shape index (κ2) is 7.90. The lowest BCUT2D eigenvalue weighted by atomic mass is 10.1. The summed E-state index contributed by atoms with van der Waals surface area (Å²) < 4.78 is 0. The van der Waals surface area contributed by atoms with E-state index in [-0.39, 0.29) is 29.4 Å². The number of imide groups is 1. The number of benzene rings is 1. The molecule has 1 fully saturated rings. The van der Waals surface area contributed by atoms with Crippen molar-refractivity contribution >= 4 is 41.1 Å². The van der Waals surface area contributed by atoms with E-state index < -0.39 is 11.6 Å². The molecule has 4 amide bonds. The molecule has 8 heteroatoms. The fourth-order valence-corrected chi connectivity index (χ4v) is 3.30. The molecule has 1 atom stereocenters. The molecule has 1 aromatic carbocycles. The van der Waals surface area contributed by atoms with Crippen LogP contribution in [-0.4, -0.2) is 51.6 Å². The van der Waals surface area contributed by atoms with Crippen LogP contribution in [0.3, 0.4) is 0 Å². The normalized spacial score (nSPS) is 17.0. The summed E-state index contributed by atoms with van der Waals surface area (Å²) in [6.07, 6.45) is 0. The molecule has 0 aromatic heterocycles. The Bertz CT molecular complexity index is 730. The molecular weight excluding hydrogens is 354 g/mol. The van der Waals surface area contributed by atoms with E-state index in [0.717, 1.165) is 0 Å². The van der Waals surface area contributed by atoms with Crippen LogP contribution in [0.25, 0.3) is 0 Å². The van der Waals surface area contributed by atoms with Crippen molar-refractivity contribution in [3.8, 4) is 0 Å².